The predicted octanol–water partition coefficient (Wildman–Crippen LogP) is 2.58. The van der Waals surface area contributed by atoms with E-state index in [0.29, 0.717) is 35.8 Å². The van der Waals surface area contributed by atoms with Gasteiger partial charge >= 0.3 is 0 Å². The predicted molar refractivity (Wildman–Crippen MR) is 93.8 cm³/mol. The van der Waals surface area contributed by atoms with Crippen LogP contribution in [-0.2, 0) is 0 Å². The van der Waals surface area contributed by atoms with Gasteiger partial charge in [0.15, 0.2) is 5.82 Å². The third-order valence-electron chi connectivity index (χ3n) is 4.13. The second-order valence-electron chi connectivity index (χ2n) is 6.91. The maximum absolute atomic E-state index is 12.1. The molecule has 1 aliphatic rings. The summed E-state index contributed by atoms with van der Waals surface area (Å²) in [6.07, 6.45) is 7.17. The van der Waals surface area contributed by atoms with Crippen molar-refractivity contribution in [3.8, 4) is 17.3 Å². The molecule has 0 saturated heterocycles. The molecule has 3 aromatic heterocycles. The molecule has 1 fully saturated rings. The zero-order valence-corrected chi connectivity index (χ0v) is 14.7. The van der Waals surface area contributed by atoms with Crippen molar-refractivity contribution in [1.82, 2.24) is 30.0 Å². The van der Waals surface area contributed by atoms with Crippen LogP contribution in [0.25, 0.3) is 17.3 Å². The van der Waals surface area contributed by atoms with Crippen molar-refractivity contribution in [3.05, 3.63) is 42.4 Å². The Morgan fingerprint density at radius 1 is 1.35 bits per heavy atom. The number of carbonyl (C=O) groups excluding carboxylic acids is 1. The number of nitrogens with zero attached hydrogens (tertiary/aromatic N) is 5. The third-order valence-corrected chi connectivity index (χ3v) is 4.13. The normalized spacial score (nSPS) is 14.0. The number of rotatable bonds is 6. The van der Waals surface area contributed by atoms with E-state index < -0.39 is 0 Å². The SMILES string of the molecule is CC(C)CNC(=O)c1cn(-c2ccc(-c3nc(C4CC4)no3)cn2)cn1. The van der Waals surface area contributed by atoms with Gasteiger partial charge in [-0.1, -0.05) is 19.0 Å². The van der Waals surface area contributed by atoms with Crippen LogP contribution < -0.4 is 5.32 Å². The van der Waals surface area contributed by atoms with Crippen molar-refractivity contribution in [1.29, 1.82) is 0 Å². The van der Waals surface area contributed by atoms with E-state index in [1.54, 1.807) is 23.3 Å². The summed E-state index contributed by atoms with van der Waals surface area (Å²) < 4.78 is 7.01. The van der Waals surface area contributed by atoms with Gasteiger partial charge in [0.1, 0.15) is 17.8 Å². The maximum Gasteiger partial charge on any atom is 0.271 e. The molecule has 0 spiro atoms. The minimum atomic E-state index is -0.187. The highest BCUT2D eigenvalue weighted by molar-refractivity contribution is 5.92. The summed E-state index contributed by atoms with van der Waals surface area (Å²) >= 11 is 0. The van der Waals surface area contributed by atoms with Crippen molar-refractivity contribution in [2.45, 2.75) is 32.6 Å². The van der Waals surface area contributed by atoms with Gasteiger partial charge in [-0.15, -0.1) is 0 Å². The highest BCUT2D eigenvalue weighted by Crippen LogP contribution is 2.38. The minimum absolute atomic E-state index is 0.187. The number of hydrogen-bond donors (Lipinski definition) is 1. The number of pyridine rings is 1. The number of imidazole rings is 1. The number of hydrogen-bond acceptors (Lipinski definition) is 6. The molecule has 8 nitrogen and oxygen atoms in total. The zero-order valence-electron chi connectivity index (χ0n) is 14.7. The first-order chi connectivity index (χ1) is 12.6. The van der Waals surface area contributed by atoms with Crippen molar-refractivity contribution in [2.75, 3.05) is 6.54 Å². The van der Waals surface area contributed by atoms with E-state index >= 15 is 0 Å². The molecule has 1 aliphatic carbocycles. The lowest BCUT2D eigenvalue weighted by Crippen LogP contribution is -2.27. The van der Waals surface area contributed by atoms with Crippen LogP contribution in [-0.4, -0.2) is 37.1 Å². The molecule has 1 amide bonds. The van der Waals surface area contributed by atoms with Crippen LogP contribution >= 0.6 is 0 Å². The second kappa shape index (κ2) is 6.70. The van der Waals surface area contributed by atoms with E-state index in [9.17, 15) is 4.79 Å². The van der Waals surface area contributed by atoms with Crippen LogP contribution in [0.4, 0.5) is 0 Å². The molecule has 1 saturated carbocycles. The zero-order chi connectivity index (χ0) is 18.1. The molecule has 0 bridgehead atoms. The number of nitrogens with one attached hydrogen (secondary N) is 1. The molecular formula is C18H20N6O2. The molecule has 4 rings (SSSR count). The first-order valence-electron chi connectivity index (χ1n) is 8.72. The van der Waals surface area contributed by atoms with E-state index in [-0.39, 0.29) is 5.91 Å². The Bertz CT molecular complexity index is 908. The standard InChI is InChI=1S/C18H20N6O2/c1-11(2)7-20-17(25)14-9-24(10-21-14)15-6-5-13(8-19-15)18-22-16(23-26-18)12-3-4-12/h5-6,8-12H,3-4,7H2,1-2H3,(H,20,25). The summed E-state index contributed by atoms with van der Waals surface area (Å²) in [7, 11) is 0. The molecule has 0 unspecified atom stereocenters. The highest BCUT2D eigenvalue weighted by atomic mass is 16.5. The highest BCUT2D eigenvalue weighted by Gasteiger charge is 2.29. The van der Waals surface area contributed by atoms with E-state index in [4.69, 9.17) is 4.52 Å². The van der Waals surface area contributed by atoms with Gasteiger partial charge in [-0.3, -0.25) is 9.36 Å². The van der Waals surface area contributed by atoms with Crippen LogP contribution in [0.15, 0.2) is 35.4 Å². The van der Waals surface area contributed by atoms with Crippen molar-refractivity contribution >= 4 is 5.91 Å². The summed E-state index contributed by atoms with van der Waals surface area (Å²) in [5, 5.41) is 6.86. The fourth-order valence-corrected chi connectivity index (χ4v) is 2.48. The van der Waals surface area contributed by atoms with Gasteiger partial charge in [-0.25, -0.2) is 9.97 Å². The molecule has 8 heteroatoms. The fourth-order valence-electron chi connectivity index (χ4n) is 2.48. The van der Waals surface area contributed by atoms with Crippen molar-refractivity contribution in [2.24, 2.45) is 5.92 Å². The van der Waals surface area contributed by atoms with Crippen molar-refractivity contribution < 1.29 is 9.32 Å². The molecular weight excluding hydrogens is 332 g/mol. The van der Waals surface area contributed by atoms with Gasteiger partial charge in [0, 0.05) is 24.9 Å². The fraction of sp³-hybridized carbons (Fsp3) is 0.389. The van der Waals surface area contributed by atoms with Gasteiger partial charge in [-0.2, -0.15) is 4.98 Å². The van der Waals surface area contributed by atoms with E-state index in [1.807, 2.05) is 26.0 Å². The largest absolute Gasteiger partial charge is 0.350 e. The molecule has 3 aromatic rings. The van der Waals surface area contributed by atoms with E-state index in [1.165, 1.54) is 0 Å². The summed E-state index contributed by atoms with van der Waals surface area (Å²) in [5.74, 6) is 2.56. The Balaban J connectivity index is 1.47. The van der Waals surface area contributed by atoms with Crippen LogP contribution in [0, 0.1) is 5.92 Å². The quantitative estimate of drug-likeness (QED) is 0.732. The lowest BCUT2D eigenvalue weighted by atomic mass is 10.2. The molecule has 0 atom stereocenters. The smallest absolute Gasteiger partial charge is 0.271 e. The van der Waals surface area contributed by atoms with Crippen LogP contribution in [0.1, 0.15) is 48.9 Å². The lowest BCUT2D eigenvalue weighted by Gasteiger charge is -2.05. The van der Waals surface area contributed by atoms with Gasteiger partial charge in [0.25, 0.3) is 11.8 Å². The summed E-state index contributed by atoms with van der Waals surface area (Å²) in [4.78, 5) is 25.0. The van der Waals surface area contributed by atoms with Gasteiger partial charge < -0.3 is 9.84 Å². The summed E-state index contributed by atoms with van der Waals surface area (Å²) in [6.45, 7) is 4.70. The average molecular weight is 352 g/mol. The van der Waals surface area contributed by atoms with Gasteiger partial charge in [0.05, 0.1) is 5.56 Å². The number of aromatic nitrogens is 5. The van der Waals surface area contributed by atoms with Gasteiger partial charge in [-0.05, 0) is 30.9 Å². The van der Waals surface area contributed by atoms with Crippen LogP contribution in [0.2, 0.25) is 0 Å². The Morgan fingerprint density at radius 3 is 2.88 bits per heavy atom. The molecule has 134 valence electrons. The Morgan fingerprint density at radius 2 is 2.19 bits per heavy atom. The number of carbonyl (C=O) groups is 1. The number of amides is 1. The average Bonchev–Trinajstić information content (AvgIpc) is 3.18. The molecule has 26 heavy (non-hydrogen) atoms. The first-order valence-corrected chi connectivity index (χ1v) is 8.72. The van der Waals surface area contributed by atoms with Gasteiger partial charge in [0.2, 0.25) is 0 Å². The van der Waals surface area contributed by atoms with Crippen molar-refractivity contribution in [3.63, 3.8) is 0 Å². The Hall–Kier alpha value is -3.03. The second-order valence-corrected chi connectivity index (χ2v) is 6.91. The van der Waals surface area contributed by atoms with Crippen LogP contribution in [0.3, 0.4) is 0 Å². The molecule has 1 N–H and O–H groups in total. The molecule has 0 aliphatic heterocycles. The Labute approximate surface area is 150 Å². The topological polar surface area (TPSA) is 98.7 Å². The summed E-state index contributed by atoms with van der Waals surface area (Å²) in [5.41, 5.74) is 1.13. The maximum atomic E-state index is 12.1. The molecule has 3 heterocycles. The molecule has 0 radical (unpaired) electrons. The molecule has 0 aromatic carbocycles. The lowest BCUT2D eigenvalue weighted by molar-refractivity contribution is 0.0944. The third kappa shape index (κ3) is 3.49. The van der Waals surface area contributed by atoms with Crippen LogP contribution in [0.5, 0.6) is 0 Å². The minimum Gasteiger partial charge on any atom is -0.350 e. The first kappa shape index (κ1) is 16.4. The Kier molecular flexibility index (Phi) is 4.24. The summed E-state index contributed by atoms with van der Waals surface area (Å²) in [6, 6.07) is 3.69. The van der Waals surface area contributed by atoms with E-state index in [0.717, 1.165) is 24.2 Å². The monoisotopic (exact) mass is 352 g/mol. The van der Waals surface area contributed by atoms with E-state index in [2.05, 4.69) is 25.4 Å².